The number of imide groups is 1. The lowest BCUT2D eigenvalue weighted by molar-refractivity contribution is -0.136. The van der Waals surface area contributed by atoms with Crippen molar-refractivity contribution in [2.24, 2.45) is 5.92 Å². The van der Waals surface area contributed by atoms with Crippen molar-refractivity contribution in [2.75, 3.05) is 11.9 Å². The fourth-order valence-electron chi connectivity index (χ4n) is 4.15. The second-order valence-electron chi connectivity index (χ2n) is 7.74. The van der Waals surface area contributed by atoms with Crippen molar-refractivity contribution in [1.82, 2.24) is 25.0 Å². The molecule has 0 unspecified atom stereocenters. The number of amides is 4. The summed E-state index contributed by atoms with van der Waals surface area (Å²) < 4.78 is 1.61. The number of nitrogens with one attached hydrogen (secondary N) is 2. The van der Waals surface area contributed by atoms with E-state index in [4.69, 9.17) is 0 Å². The van der Waals surface area contributed by atoms with Gasteiger partial charge in [0.15, 0.2) is 0 Å². The molecule has 2 heterocycles. The minimum atomic E-state index is -0.870. The maximum Gasteiger partial charge on any atom is 0.325 e. The lowest BCUT2D eigenvalue weighted by Gasteiger charge is -2.36. The smallest absolute Gasteiger partial charge is 0.323 e. The molecule has 2 fully saturated rings. The van der Waals surface area contributed by atoms with E-state index in [1.807, 2.05) is 37.3 Å². The van der Waals surface area contributed by atoms with Crippen LogP contribution in [0.2, 0.25) is 0 Å². The first-order chi connectivity index (χ1) is 14.0. The molecule has 4 rings (SSSR count). The summed E-state index contributed by atoms with van der Waals surface area (Å²) in [6.07, 6.45) is 4.95. The Hall–Kier alpha value is -3.23. The van der Waals surface area contributed by atoms with Crippen LogP contribution < -0.4 is 10.6 Å². The second kappa shape index (κ2) is 7.65. The lowest BCUT2D eigenvalue weighted by Crippen LogP contribution is -2.54. The van der Waals surface area contributed by atoms with Crippen LogP contribution >= 0.6 is 0 Å². The quantitative estimate of drug-likeness (QED) is 0.749. The van der Waals surface area contributed by atoms with Gasteiger partial charge in [0.25, 0.3) is 5.91 Å². The first kappa shape index (κ1) is 19.1. The van der Waals surface area contributed by atoms with Gasteiger partial charge in [-0.15, -0.1) is 5.10 Å². The van der Waals surface area contributed by atoms with Crippen LogP contribution in [0, 0.1) is 5.92 Å². The number of carbonyl (C=O) groups excluding carboxylic acids is 3. The molecular formula is C20H24N6O3. The third-order valence-electron chi connectivity index (χ3n) is 5.78. The van der Waals surface area contributed by atoms with Crippen molar-refractivity contribution in [3.8, 4) is 0 Å². The fraction of sp³-hybridized carbons (Fsp3) is 0.450. The van der Waals surface area contributed by atoms with Crippen LogP contribution in [-0.4, -0.2) is 49.6 Å². The molecule has 1 aliphatic carbocycles. The Labute approximate surface area is 168 Å². The van der Waals surface area contributed by atoms with Crippen molar-refractivity contribution >= 4 is 23.8 Å². The number of hydrogen-bond acceptors (Lipinski definition) is 5. The van der Waals surface area contributed by atoms with Crippen molar-refractivity contribution in [1.29, 1.82) is 0 Å². The molecule has 1 spiro atoms. The molecule has 0 radical (unpaired) electrons. The zero-order chi connectivity index (χ0) is 20.4. The molecular weight excluding hydrogens is 372 g/mol. The average Bonchev–Trinajstić information content (AvgIpc) is 3.23. The van der Waals surface area contributed by atoms with Gasteiger partial charge < -0.3 is 5.32 Å². The third kappa shape index (κ3) is 3.72. The zero-order valence-corrected chi connectivity index (χ0v) is 16.3. The van der Waals surface area contributed by atoms with Gasteiger partial charge in [0.1, 0.15) is 18.4 Å². The monoisotopic (exact) mass is 396 g/mol. The minimum absolute atomic E-state index is 0.0520. The third-order valence-corrected chi connectivity index (χ3v) is 5.78. The largest absolute Gasteiger partial charge is 0.325 e. The van der Waals surface area contributed by atoms with Gasteiger partial charge in [-0.05, 0) is 24.3 Å². The number of rotatable bonds is 5. The van der Waals surface area contributed by atoms with Gasteiger partial charge in [0.2, 0.25) is 11.9 Å². The highest BCUT2D eigenvalue weighted by molar-refractivity contribution is 6.10. The van der Waals surface area contributed by atoms with Crippen LogP contribution in [0.15, 0.2) is 36.7 Å². The van der Waals surface area contributed by atoms with Crippen molar-refractivity contribution in [3.63, 3.8) is 0 Å². The Morgan fingerprint density at radius 2 is 2.07 bits per heavy atom. The molecule has 1 saturated carbocycles. The highest BCUT2D eigenvalue weighted by Gasteiger charge is 2.55. The predicted octanol–water partition coefficient (Wildman–Crippen LogP) is 1.77. The molecule has 1 saturated heterocycles. The molecule has 2 atom stereocenters. The molecule has 2 aromatic rings. The van der Waals surface area contributed by atoms with Crippen LogP contribution in [0.25, 0.3) is 0 Å². The van der Waals surface area contributed by atoms with E-state index in [1.54, 1.807) is 4.68 Å². The van der Waals surface area contributed by atoms with Crippen LogP contribution in [0.5, 0.6) is 0 Å². The molecule has 9 heteroatoms. The fourth-order valence-corrected chi connectivity index (χ4v) is 4.15. The topological polar surface area (TPSA) is 109 Å². The summed E-state index contributed by atoms with van der Waals surface area (Å²) in [5, 5.41) is 9.63. The molecule has 152 valence electrons. The van der Waals surface area contributed by atoms with E-state index in [-0.39, 0.29) is 24.3 Å². The molecule has 29 heavy (non-hydrogen) atoms. The number of carbonyl (C=O) groups is 3. The molecule has 2 N–H and O–H groups in total. The summed E-state index contributed by atoms with van der Waals surface area (Å²) in [4.78, 5) is 42.8. The summed E-state index contributed by atoms with van der Waals surface area (Å²) in [6, 6.07) is 9.24. The van der Waals surface area contributed by atoms with Gasteiger partial charge in [-0.25, -0.2) is 14.5 Å². The lowest BCUT2D eigenvalue weighted by atomic mass is 9.73. The Morgan fingerprint density at radius 3 is 2.83 bits per heavy atom. The maximum absolute atomic E-state index is 12.9. The van der Waals surface area contributed by atoms with Crippen molar-refractivity contribution in [2.45, 2.75) is 44.7 Å². The van der Waals surface area contributed by atoms with E-state index < -0.39 is 17.5 Å². The molecule has 9 nitrogen and oxygen atoms in total. The summed E-state index contributed by atoms with van der Waals surface area (Å²) in [5.41, 5.74) is 0.187. The Bertz CT molecular complexity index is 927. The number of nitrogens with zero attached hydrogens (tertiary/aromatic N) is 4. The van der Waals surface area contributed by atoms with Crippen molar-refractivity contribution < 1.29 is 14.4 Å². The number of benzene rings is 1. The number of hydrogen-bond donors (Lipinski definition) is 2. The normalized spacial score (nSPS) is 24.0. The number of anilines is 1. The van der Waals surface area contributed by atoms with E-state index in [1.165, 1.54) is 6.33 Å². The van der Waals surface area contributed by atoms with Crippen LogP contribution in [0.4, 0.5) is 10.7 Å². The van der Waals surface area contributed by atoms with Gasteiger partial charge in [-0.2, -0.15) is 0 Å². The summed E-state index contributed by atoms with van der Waals surface area (Å²) >= 11 is 0. The van der Waals surface area contributed by atoms with Crippen molar-refractivity contribution in [3.05, 3.63) is 42.2 Å². The second-order valence-corrected chi connectivity index (χ2v) is 7.74. The molecule has 1 aliphatic heterocycles. The summed E-state index contributed by atoms with van der Waals surface area (Å²) in [5.74, 6) is -0.631. The first-order valence-corrected chi connectivity index (χ1v) is 9.85. The van der Waals surface area contributed by atoms with Gasteiger partial charge >= 0.3 is 6.03 Å². The van der Waals surface area contributed by atoms with E-state index in [9.17, 15) is 14.4 Å². The molecule has 1 aromatic carbocycles. The molecule has 1 aromatic heterocycles. The van der Waals surface area contributed by atoms with E-state index in [0.29, 0.717) is 13.0 Å². The van der Waals surface area contributed by atoms with Crippen LogP contribution in [-0.2, 0) is 16.1 Å². The molecule has 2 aliphatic rings. The molecule has 0 bridgehead atoms. The minimum Gasteiger partial charge on any atom is -0.323 e. The van der Waals surface area contributed by atoms with E-state index >= 15 is 0 Å². The summed E-state index contributed by atoms with van der Waals surface area (Å²) in [7, 11) is 0. The number of aromatic nitrogens is 3. The zero-order valence-electron chi connectivity index (χ0n) is 16.3. The first-order valence-electron chi connectivity index (χ1n) is 9.85. The Balaban J connectivity index is 1.37. The van der Waals surface area contributed by atoms with Gasteiger partial charge in [-0.1, -0.05) is 50.1 Å². The predicted molar refractivity (Wildman–Crippen MR) is 105 cm³/mol. The standard InChI is InChI=1S/C20H24N6O3/c1-14-7-5-6-10-20(14)17(28)26(19(29)23-20)12-16(27)22-18-21-13-25(24-18)11-15-8-3-2-4-9-15/h2-4,8-9,13-14H,5-7,10-12H2,1H3,(H,23,29)(H,22,24,27)/t14-,20-/m1/s1. The van der Waals surface area contributed by atoms with Crippen LogP contribution in [0.3, 0.4) is 0 Å². The van der Waals surface area contributed by atoms with E-state index in [2.05, 4.69) is 20.7 Å². The van der Waals surface area contributed by atoms with Gasteiger partial charge in [0.05, 0.1) is 6.54 Å². The summed E-state index contributed by atoms with van der Waals surface area (Å²) in [6.45, 7) is 2.15. The van der Waals surface area contributed by atoms with Crippen LogP contribution in [0.1, 0.15) is 38.2 Å². The number of urea groups is 1. The molecule has 4 amide bonds. The van der Waals surface area contributed by atoms with Gasteiger partial charge in [-0.3, -0.25) is 19.8 Å². The average molecular weight is 396 g/mol. The van der Waals surface area contributed by atoms with Gasteiger partial charge in [0, 0.05) is 0 Å². The Kier molecular flexibility index (Phi) is 5.04. The SMILES string of the molecule is C[C@@H]1CCCC[C@@]12NC(=O)N(CC(=O)Nc1ncn(Cc3ccccc3)n1)C2=O. The maximum atomic E-state index is 12.9. The van der Waals surface area contributed by atoms with E-state index in [0.717, 1.165) is 29.7 Å². The Morgan fingerprint density at radius 1 is 1.28 bits per heavy atom. The highest BCUT2D eigenvalue weighted by atomic mass is 16.2. The highest BCUT2D eigenvalue weighted by Crippen LogP contribution is 2.38.